The van der Waals surface area contributed by atoms with Crippen LogP contribution in [0.1, 0.15) is 45.4 Å². The molecule has 172 valence electrons. The van der Waals surface area contributed by atoms with Gasteiger partial charge in [0.25, 0.3) is 0 Å². The molecule has 1 aromatic carbocycles. The van der Waals surface area contributed by atoms with Gasteiger partial charge in [0.2, 0.25) is 5.91 Å². The van der Waals surface area contributed by atoms with Crippen LogP contribution in [-0.2, 0) is 11.3 Å². The van der Waals surface area contributed by atoms with E-state index in [1.807, 2.05) is 11.0 Å². The molecule has 8 heteroatoms. The third kappa shape index (κ3) is 7.36. The van der Waals surface area contributed by atoms with Gasteiger partial charge >= 0.3 is 0 Å². The van der Waals surface area contributed by atoms with Crippen LogP contribution in [0.25, 0.3) is 11.0 Å². The van der Waals surface area contributed by atoms with Gasteiger partial charge < -0.3 is 20.1 Å². The summed E-state index contributed by atoms with van der Waals surface area (Å²) in [6.45, 7) is 11.2. The number of imidazole rings is 1. The number of nitrogens with zero attached hydrogens (tertiary/aromatic N) is 4. The van der Waals surface area contributed by atoms with E-state index in [1.54, 1.807) is 0 Å². The smallest absolute Gasteiger partial charge is 0.224 e. The fraction of sp³-hybridized carbons (Fsp3) is 0.609. The molecular weight excluding hydrogens is 503 g/mol. The van der Waals surface area contributed by atoms with E-state index in [4.69, 9.17) is 0 Å². The molecule has 2 aromatic rings. The molecular formula is C23H37IN6O. The van der Waals surface area contributed by atoms with E-state index in [-0.39, 0.29) is 29.9 Å². The van der Waals surface area contributed by atoms with Crippen LogP contribution in [-0.4, -0.2) is 59.0 Å². The van der Waals surface area contributed by atoms with Crippen molar-refractivity contribution >= 4 is 46.9 Å². The number of hydrogen-bond donors (Lipinski definition) is 2. The number of halogens is 1. The number of aliphatic imine (C=N–C) groups is 1. The second kappa shape index (κ2) is 12.9. The molecule has 1 aliphatic heterocycles. The zero-order valence-electron chi connectivity index (χ0n) is 19.1. The Hall–Kier alpha value is -1.84. The van der Waals surface area contributed by atoms with Crippen molar-refractivity contribution < 1.29 is 4.79 Å². The van der Waals surface area contributed by atoms with Crippen LogP contribution in [0.2, 0.25) is 0 Å². The number of aryl methyl sites for hydroxylation is 2. The number of nitrogens with one attached hydrogen (secondary N) is 2. The van der Waals surface area contributed by atoms with Crippen molar-refractivity contribution in [2.45, 2.75) is 53.0 Å². The lowest BCUT2D eigenvalue weighted by molar-refractivity contribution is -0.132. The highest BCUT2D eigenvalue weighted by Gasteiger charge is 2.20. The summed E-state index contributed by atoms with van der Waals surface area (Å²) in [6.07, 6.45) is 3.80. The Bertz CT molecular complexity index is 865. The number of piperidine rings is 1. The van der Waals surface area contributed by atoms with Crippen LogP contribution in [0.5, 0.6) is 0 Å². The van der Waals surface area contributed by atoms with Crippen LogP contribution in [0.4, 0.5) is 0 Å². The maximum atomic E-state index is 12.4. The highest BCUT2D eigenvalue weighted by Crippen LogP contribution is 2.16. The number of amides is 1. The molecule has 1 saturated heterocycles. The number of fused-ring (bicyclic) bond motifs is 1. The number of carbonyl (C=O) groups is 1. The summed E-state index contributed by atoms with van der Waals surface area (Å²) in [5.74, 6) is 2.68. The van der Waals surface area contributed by atoms with Gasteiger partial charge in [-0.1, -0.05) is 19.1 Å². The Morgan fingerprint density at radius 2 is 2.10 bits per heavy atom. The molecule has 0 saturated carbocycles. The first-order valence-corrected chi connectivity index (χ1v) is 11.3. The van der Waals surface area contributed by atoms with Crippen molar-refractivity contribution in [3.05, 3.63) is 30.1 Å². The normalized spacial score (nSPS) is 16.8. The lowest BCUT2D eigenvalue weighted by atomic mass is 10.00. The topological polar surface area (TPSA) is 74.5 Å². The first kappa shape index (κ1) is 25.4. The Morgan fingerprint density at radius 3 is 2.87 bits per heavy atom. The van der Waals surface area contributed by atoms with E-state index in [0.717, 1.165) is 62.9 Å². The molecule has 1 fully saturated rings. The predicted molar refractivity (Wildman–Crippen MR) is 138 cm³/mol. The largest absolute Gasteiger partial charge is 0.357 e. The van der Waals surface area contributed by atoms with E-state index < -0.39 is 0 Å². The van der Waals surface area contributed by atoms with Gasteiger partial charge in [-0.2, -0.15) is 0 Å². The molecule has 0 spiro atoms. The third-order valence-corrected chi connectivity index (χ3v) is 5.64. The molecule has 31 heavy (non-hydrogen) atoms. The van der Waals surface area contributed by atoms with Crippen molar-refractivity contribution in [3.8, 4) is 0 Å². The molecule has 2 heterocycles. The average Bonchev–Trinajstić information content (AvgIpc) is 3.06. The molecule has 1 atom stereocenters. The van der Waals surface area contributed by atoms with Crippen molar-refractivity contribution in [2.24, 2.45) is 10.9 Å². The lowest BCUT2D eigenvalue weighted by Gasteiger charge is -2.31. The molecule has 2 N–H and O–H groups in total. The molecule has 7 nitrogen and oxygen atoms in total. The highest BCUT2D eigenvalue weighted by molar-refractivity contribution is 14.0. The summed E-state index contributed by atoms with van der Waals surface area (Å²) in [4.78, 5) is 23.7. The Morgan fingerprint density at radius 1 is 1.29 bits per heavy atom. The second-order valence-corrected chi connectivity index (χ2v) is 8.18. The van der Waals surface area contributed by atoms with Gasteiger partial charge in [0.05, 0.1) is 11.0 Å². The summed E-state index contributed by atoms with van der Waals surface area (Å²) >= 11 is 0. The summed E-state index contributed by atoms with van der Waals surface area (Å²) in [5, 5.41) is 6.58. The van der Waals surface area contributed by atoms with Crippen LogP contribution in [0.3, 0.4) is 0 Å². The van der Waals surface area contributed by atoms with Crippen molar-refractivity contribution in [3.63, 3.8) is 0 Å². The maximum Gasteiger partial charge on any atom is 0.224 e. The number of para-hydroxylation sites is 2. The van der Waals surface area contributed by atoms with Crippen molar-refractivity contribution in [2.75, 3.05) is 32.7 Å². The van der Waals surface area contributed by atoms with Gasteiger partial charge in [0, 0.05) is 45.7 Å². The van der Waals surface area contributed by atoms with Crippen molar-refractivity contribution in [1.29, 1.82) is 0 Å². The monoisotopic (exact) mass is 540 g/mol. The number of rotatable bonds is 8. The molecule has 3 rings (SSSR count). The first-order chi connectivity index (χ1) is 14.6. The zero-order chi connectivity index (χ0) is 21.3. The van der Waals surface area contributed by atoms with Gasteiger partial charge in [0.1, 0.15) is 5.82 Å². The second-order valence-electron chi connectivity index (χ2n) is 8.18. The molecule has 0 aliphatic carbocycles. The fourth-order valence-electron chi connectivity index (χ4n) is 4.10. The molecule has 1 aromatic heterocycles. The SMILES string of the molecule is CCNC(=NCCCn1c(C)nc2ccccc21)NCCC(=O)N1CCCC(C)C1.I. The highest BCUT2D eigenvalue weighted by atomic mass is 127. The van der Waals surface area contributed by atoms with Gasteiger partial charge in [-0.25, -0.2) is 4.98 Å². The van der Waals surface area contributed by atoms with Gasteiger partial charge in [0.15, 0.2) is 5.96 Å². The maximum absolute atomic E-state index is 12.4. The molecule has 0 radical (unpaired) electrons. The average molecular weight is 540 g/mol. The standard InChI is InChI=1S/C23H36N6O.HI/c1-4-24-23(26-14-12-22(30)28-15-7-9-18(2)17-28)25-13-8-16-29-19(3)27-20-10-5-6-11-21(20)29;/h5-6,10-11,18H,4,7-9,12-17H2,1-3H3,(H2,24,25,26);1H. The number of hydrogen-bond acceptors (Lipinski definition) is 3. The molecule has 0 bridgehead atoms. The Kier molecular flexibility index (Phi) is 10.6. The van der Waals surface area contributed by atoms with Gasteiger partial charge in [-0.3, -0.25) is 9.79 Å². The summed E-state index contributed by atoms with van der Waals surface area (Å²) in [7, 11) is 0. The predicted octanol–water partition coefficient (Wildman–Crippen LogP) is 3.56. The number of likely N-dealkylation sites (tertiary alicyclic amines) is 1. The van der Waals surface area contributed by atoms with E-state index in [0.29, 0.717) is 18.9 Å². The minimum absolute atomic E-state index is 0. The Balaban J connectivity index is 0.00000341. The first-order valence-electron chi connectivity index (χ1n) is 11.3. The van der Waals surface area contributed by atoms with Crippen LogP contribution >= 0.6 is 24.0 Å². The summed E-state index contributed by atoms with van der Waals surface area (Å²) in [5.41, 5.74) is 2.22. The van der Waals surface area contributed by atoms with Crippen LogP contribution in [0, 0.1) is 12.8 Å². The number of benzene rings is 1. The number of aromatic nitrogens is 2. The number of guanidine groups is 1. The van der Waals surface area contributed by atoms with Gasteiger partial charge in [-0.05, 0) is 51.2 Å². The molecule has 1 aliphatic rings. The quantitative estimate of drug-likeness (QED) is 0.233. The van der Waals surface area contributed by atoms with E-state index in [1.165, 1.54) is 11.9 Å². The summed E-state index contributed by atoms with van der Waals surface area (Å²) < 4.78 is 2.25. The van der Waals surface area contributed by atoms with Crippen LogP contribution < -0.4 is 10.6 Å². The van der Waals surface area contributed by atoms with E-state index >= 15 is 0 Å². The molecule has 1 unspecified atom stereocenters. The number of carbonyl (C=O) groups excluding carboxylic acids is 1. The molecule has 1 amide bonds. The fourth-order valence-corrected chi connectivity index (χ4v) is 4.10. The minimum Gasteiger partial charge on any atom is -0.357 e. The van der Waals surface area contributed by atoms with Crippen LogP contribution in [0.15, 0.2) is 29.3 Å². The third-order valence-electron chi connectivity index (χ3n) is 5.64. The van der Waals surface area contributed by atoms with E-state index in [9.17, 15) is 4.79 Å². The van der Waals surface area contributed by atoms with Gasteiger partial charge in [-0.15, -0.1) is 24.0 Å². The Labute approximate surface area is 203 Å². The lowest BCUT2D eigenvalue weighted by Crippen LogP contribution is -2.42. The summed E-state index contributed by atoms with van der Waals surface area (Å²) in [6, 6.07) is 8.24. The minimum atomic E-state index is 0. The van der Waals surface area contributed by atoms with E-state index in [2.05, 4.69) is 64.1 Å². The zero-order valence-corrected chi connectivity index (χ0v) is 21.4. The van der Waals surface area contributed by atoms with Crippen molar-refractivity contribution in [1.82, 2.24) is 25.1 Å².